The van der Waals surface area contributed by atoms with Crippen molar-refractivity contribution >= 4 is 75.3 Å². The van der Waals surface area contributed by atoms with E-state index in [1.54, 1.807) is 11.3 Å². The van der Waals surface area contributed by atoms with Crippen LogP contribution in [0, 0.1) is 0 Å². The molecule has 0 amide bonds. The highest BCUT2D eigenvalue weighted by atomic mass is 32.1. The van der Waals surface area contributed by atoms with Crippen LogP contribution in [0.1, 0.15) is 0 Å². The van der Waals surface area contributed by atoms with Gasteiger partial charge in [-0.3, -0.25) is 0 Å². The first-order valence-electron chi connectivity index (χ1n) is 16.9. The number of thiophene rings is 1. The van der Waals surface area contributed by atoms with Crippen molar-refractivity contribution in [2.24, 2.45) is 0 Å². The number of hydrogen-bond acceptors (Lipinski definition) is 5. The molecule has 6 heteroatoms. The lowest BCUT2D eigenvalue weighted by Gasteiger charge is -2.09. The molecule has 4 heterocycles. The molecule has 0 aliphatic rings. The quantitative estimate of drug-likeness (QED) is 0.187. The van der Waals surface area contributed by atoms with Crippen LogP contribution in [0.25, 0.3) is 104 Å². The van der Waals surface area contributed by atoms with Gasteiger partial charge in [0.2, 0.25) is 0 Å². The highest BCUT2D eigenvalue weighted by Crippen LogP contribution is 2.40. The smallest absolute Gasteiger partial charge is 0.167 e. The molecule has 0 aliphatic heterocycles. The minimum absolute atomic E-state index is 0.579. The fourth-order valence-corrected chi connectivity index (χ4v) is 8.63. The van der Waals surface area contributed by atoms with Crippen molar-refractivity contribution in [3.8, 4) is 39.9 Å². The van der Waals surface area contributed by atoms with E-state index in [9.17, 15) is 0 Å². The van der Waals surface area contributed by atoms with Crippen LogP contribution in [0.5, 0.6) is 0 Å². The van der Waals surface area contributed by atoms with Gasteiger partial charge >= 0.3 is 0 Å². The van der Waals surface area contributed by atoms with Gasteiger partial charge in [-0.25, -0.2) is 15.0 Å². The SMILES string of the molecule is c1ccc(-c2nc(-c3ccc4c(c3)sc3ccc(-n5c6ccccc6c6ccccc65)cc34)nc(-c3cccc4c3oc3ccccc34)n2)cc1. The molecule has 0 radical (unpaired) electrons. The molecule has 0 saturated heterocycles. The molecule has 11 rings (SSSR count). The van der Waals surface area contributed by atoms with Crippen molar-refractivity contribution in [3.63, 3.8) is 0 Å². The maximum Gasteiger partial charge on any atom is 0.167 e. The summed E-state index contributed by atoms with van der Waals surface area (Å²) in [4.78, 5) is 15.2. The van der Waals surface area contributed by atoms with Crippen LogP contribution in [0.15, 0.2) is 162 Å². The van der Waals surface area contributed by atoms with E-state index in [0.29, 0.717) is 17.5 Å². The van der Waals surface area contributed by atoms with Gasteiger partial charge < -0.3 is 8.98 Å². The molecule has 7 aromatic carbocycles. The molecule has 5 nitrogen and oxygen atoms in total. The summed E-state index contributed by atoms with van der Waals surface area (Å²) in [5.74, 6) is 1.82. The number of benzene rings is 7. The first-order valence-corrected chi connectivity index (χ1v) is 17.8. The third-order valence-electron chi connectivity index (χ3n) is 9.86. The van der Waals surface area contributed by atoms with Crippen LogP contribution in [0.4, 0.5) is 0 Å². The van der Waals surface area contributed by atoms with Crippen molar-refractivity contribution in [2.75, 3.05) is 0 Å². The zero-order chi connectivity index (χ0) is 33.5. The molecule has 0 aliphatic carbocycles. The van der Waals surface area contributed by atoms with E-state index in [-0.39, 0.29) is 0 Å². The number of rotatable bonds is 4. The standard InChI is InChI=1S/C45H26N4OS/c1-2-11-27(12-3-1)43-46-44(48-45(47-43)35-17-10-16-34-32-15-6-9-20-39(32)50-42(34)35)28-21-23-33-36-26-29(22-24-40(36)51-41(33)25-28)49-37-18-7-4-13-30(37)31-14-5-8-19-38(31)49/h1-26H. The van der Waals surface area contributed by atoms with Crippen molar-refractivity contribution in [1.82, 2.24) is 19.5 Å². The third-order valence-corrected chi connectivity index (χ3v) is 11.0. The summed E-state index contributed by atoms with van der Waals surface area (Å²) < 4.78 is 11.2. The average molecular weight is 671 g/mol. The zero-order valence-electron chi connectivity index (χ0n) is 27.1. The topological polar surface area (TPSA) is 56.7 Å². The van der Waals surface area contributed by atoms with E-state index < -0.39 is 0 Å². The van der Waals surface area contributed by atoms with Gasteiger partial charge in [0.05, 0.1) is 16.6 Å². The number of aromatic nitrogens is 4. The summed E-state index contributed by atoms with van der Waals surface area (Å²) in [7, 11) is 0. The Bertz CT molecular complexity index is 3100. The van der Waals surface area contributed by atoms with Gasteiger partial charge in [-0.15, -0.1) is 11.3 Å². The third kappa shape index (κ3) is 4.37. The molecular weight excluding hydrogens is 645 g/mol. The Morgan fingerprint density at radius 2 is 1.10 bits per heavy atom. The molecule has 238 valence electrons. The lowest BCUT2D eigenvalue weighted by atomic mass is 10.1. The largest absolute Gasteiger partial charge is 0.455 e. The Labute approximate surface area is 295 Å². The second kappa shape index (κ2) is 10.9. The summed E-state index contributed by atoms with van der Waals surface area (Å²) in [6, 6.07) is 55.1. The van der Waals surface area contributed by atoms with Crippen molar-refractivity contribution in [1.29, 1.82) is 0 Å². The summed E-state index contributed by atoms with van der Waals surface area (Å²) >= 11 is 1.79. The Morgan fingerprint density at radius 1 is 0.431 bits per heavy atom. The summed E-state index contributed by atoms with van der Waals surface area (Å²) in [6.45, 7) is 0. The maximum absolute atomic E-state index is 6.40. The van der Waals surface area contributed by atoms with E-state index in [1.165, 1.54) is 42.0 Å². The van der Waals surface area contributed by atoms with Crippen molar-refractivity contribution in [2.45, 2.75) is 0 Å². The van der Waals surface area contributed by atoms with Crippen LogP contribution in [0.2, 0.25) is 0 Å². The molecule has 0 spiro atoms. The van der Waals surface area contributed by atoms with E-state index >= 15 is 0 Å². The van der Waals surface area contributed by atoms with Crippen LogP contribution < -0.4 is 0 Å². The van der Waals surface area contributed by atoms with E-state index in [4.69, 9.17) is 19.4 Å². The maximum atomic E-state index is 6.40. The van der Waals surface area contributed by atoms with Crippen LogP contribution in [-0.2, 0) is 0 Å². The van der Waals surface area contributed by atoms with Crippen molar-refractivity contribution < 1.29 is 4.42 Å². The molecule has 0 fully saturated rings. The molecule has 0 N–H and O–H groups in total. The minimum Gasteiger partial charge on any atom is -0.455 e. The average Bonchev–Trinajstić information content (AvgIpc) is 3.87. The monoisotopic (exact) mass is 670 g/mol. The molecular formula is C45H26N4OS. The van der Waals surface area contributed by atoms with E-state index in [2.05, 4.69) is 102 Å². The summed E-state index contributed by atoms with van der Waals surface area (Å²) in [5, 5.41) is 7.08. The molecule has 0 atom stereocenters. The van der Waals surface area contributed by atoms with Gasteiger partial charge in [-0.2, -0.15) is 0 Å². The lowest BCUT2D eigenvalue weighted by Crippen LogP contribution is -2.00. The fraction of sp³-hybridized carbons (Fsp3) is 0. The predicted octanol–water partition coefficient (Wildman–Crippen LogP) is 12.2. The number of furan rings is 1. The molecule has 0 saturated carbocycles. The predicted molar refractivity (Wildman–Crippen MR) is 211 cm³/mol. The van der Waals surface area contributed by atoms with Gasteiger partial charge in [0.1, 0.15) is 11.2 Å². The Morgan fingerprint density at radius 3 is 1.90 bits per heavy atom. The Kier molecular flexibility index (Phi) is 6.05. The molecule has 0 unspecified atom stereocenters. The molecule has 11 aromatic rings. The number of nitrogens with zero attached hydrogens (tertiary/aromatic N) is 4. The summed E-state index contributed by atoms with van der Waals surface area (Å²) in [5.41, 5.74) is 7.89. The second-order valence-corrected chi connectivity index (χ2v) is 13.9. The van der Waals surface area contributed by atoms with E-state index in [0.717, 1.165) is 44.3 Å². The van der Waals surface area contributed by atoms with E-state index in [1.807, 2.05) is 60.7 Å². The molecule has 4 aromatic heterocycles. The number of hydrogen-bond donors (Lipinski definition) is 0. The summed E-state index contributed by atoms with van der Waals surface area (Å²) in [6.07, 6.45) is 0. The molecule has 51 heavy (non-hydrogen) atoms. The fourth-order valence-electron chi connectivity index (χ4n) is 7.51. The Hall–Kier alpha value is -6.63. The van der Waals surface area contributed by atoms with Gasteiger partial charge in [0, 0.05) is 58.5 Å². The second-order valence-electron chi connectivity index (χ2n) is 12.8. The minimum atomic E-state index is 0.579. The number of fused-ring (bicyclic) bond motifs is 9. The first-order chi connectivity index (χ1) is 25.3. The lowest BCUT2D eigenvalue weighted by molar-refractivity contribution is 0.669. The highest BCUT2D eigenvalue weighted by Gasteiger charge is 2.19. The van der Waals surface area contributed by atoms with Gasteiger partial charge in [0.15, 0.2) is 17.5 Å². The highest BCUT2D eigenvalue weighted by molar-refractivity contribution is 7.25. The van der Waals surface area contributed by atoms with Gasteiger partial charge in [-0.05, 0) is 48.5 Å². The molecule has 0 bridgehead atoms. The van der Waals surface area contributed by atoms with Crippen LogP contribution in [-0.4, -0.2) is 19.5 Å². The van der Waals surface area contributed by atoms with Crippen LogP contribution >= 0.6 is 11.3 Å². The zero-order valence-corrected chi connectivity index (χ0v) is 27.9. The van der Waals surface area contributed by atoms with Gasteiger partial charge in [0.25, 0.3) is 0 Å². The van der Waals surface area contributed by atoms with Gasteiger partial charge in [-0.1, -0.05) is 109 Å². The normalized spacial score (nSPS) is 11.9. The van der Waals surface area contributed by atoms with Crippen molar-refractivity contribution in [3.05, 3.63) is 158 Å². The van der Waals surface area contributed by atoms with Crippen LogP contribution in [0.3, 0.4) is 0 Å². The Balaban J connectivity index is 1.08. The number of para-hydroxylation sites is 4. The first kappa shape index (κ1) is 28.2.